The van der Waals surface area contributed by atoms with Gasteiger partial charge in [0, 0.05) is 0 Å². The molecule has 10 heavy (non-hydrogen) atoms. The second-order valence-corrected chi connectivity index (χ2v) is 2.24. The lowest BCUT2D eigenvalue weighted by molar-refractivity contribution is -0.255. The number of aromatic nitrogens is 2. The molecule has 0 bridgehead atoms. The van der Waals surface area contributed by atoms with Crippen LogP contribution in [0.4, 0.5) is 5.13 Å². The molecule has 0 radical (unpaired) electrons. The maximum absolute atomic E-state index is 9.96. The Hall–Kier alpha value is -1.21. The number of carboxylic acids is 1. The van der Waals surface area contributed by atoms with Crippen molar-refractivity contribution in [3.63, 3.8) is 0 Å². The summed E-state index contributed by atoms with van der Waals surface area (Å²) in [6.45, 7) is 0. The molecule has 0 aliphatic carbocycles. The molecule has 0 aromatic carbocycles. The summed E-state index contributed by atoms with van der Waals surface area (Å²) in [7, 11) is 0. The predicted molar refractivity (Wildman–Crippen MR) is 34.6 cm³/mol. The van der Waals surface area contributed by atoms with E-state index in [2.05, 4.69) is 10.2 Å². The zero-order chi connectivity index (χ0) is 6.85. The molecule has 1 heterocycles. The molecular weight excluding hydrogens is 156 g/mol. The van der Waals surface area contributed by atoms with Crippen molar-refractivity contribution in [1.29, 1.82) is 0 Å². The number of hydrogen-bond donors (Lipinski definition) is 2. The Labute approximate surface area is 60.3 Å². The molecule has 0 aliphatic rings. The van der Waals surface area contributed by atoms with Crippen LogP contribution < -0.4 is 17.0 Å². The highest BCUT2D eigenvalue weighted by Crippen LogP contribution is 2.08. The van der Waals surface area contributed by atoms with E-state index >= 15 is 0 Å². The molecule has 7 heteroatoms. The fourth-order valence-electron chi connectivity index (χ4n) is 0.317. The average molecular weight is 162 g/mol. The first kappa shape index (κ1) is 8.79. The number of nitrogen functional groups attached to an aromatic ring is 1. The van der Waals surface area contributed by atoms with Gasteiger partial charge in [0.25, 0.3) is 0 Å². The summed E-state index contributed by atoms with van der Waals surface area (Å²) in [5.74, 6) is -1.34. The van der Waals surface area contributed by atoms with E-state index < -0.39 is 5.97 Å². The van der Waals surface area contributed by atoms with E-state index in [9.17, 15) is 9.90 Å². The van der Waals surface area contributed by atoms with Crippen molar-refractivity contribution in [3.8, 4) is 0 Å². The van der Waals surface area contributed by atoms with E-state index in [1.54, 1.807) is 0 Å². The third kappa shape index (κ3) is 1.64. The lowest BCUT2D eigenvalue weighted by Crippen LogP contribution is -2.21. The molecular formula is C3H6N4O2S. The zero-order valence-corrected chi connectivity index (χ0v) is 6.01. The Morgan fingerprint density at radius 2 is 2.20 bits per heavy atom. The lowest BCUT2D eigenvalue weighted by Gasteiger charge is -1.88. The van der Waals surface area contributed by atoms with Crippen LogP contribution in [0.15, 0.2) is 0 Å². The molecule has 0 fully saturated rings. The first-order valence-corrected chi connectivity index (χ1v) is 2.82. The monoisotopic (exact) mass is 162 g/mol. The third-order valence-electron chi connectivity index (χ3n) is 0.615. The predicted octanol–water partition coefficient (Wildman–Crippen LogP) is -1.14. The number of aromatic carboxylic acids is 1. The Balaban J connectivity index is 0.000000810. The van der Waals surface area contributed by atoms with E-state index in [0.29, 0.717) is 0 Å². The molecule has 1 rings (SSSR count). The van der Waals surface area contributed by atoms with Gasteiger partial charge in [0.2, 0.25) is 5.13 Å². The molecule has 56 valence electrons. The van der Waals surface area contributed by atoms with Gasteiger partial charge in [-0.15, -0.1) is 10.2 Å². The summed E-state index contributed by atoms with van der Waals surface area (Å²) in [5, 5.41) is 16.4. The van der Waals surface area contributed by atoms with Crippen LogP contribution in [0.2, 0.25) is 0 Å². The number of rotatable bonds is 1. The van der Waals surface area contributed by atoms with Crippen LogP contribution in [0, 0.1) is 0 Å². The van der Waals surface area contributed by atoms with Crippen molar-refractivity contribution >= 4 is 22.4 Å². The van der Waals surface area contributed by atoms with Crippen LogP contribution in [0.5, 0.6) is 0 Å². The molecule has 0 atom stereocenters. The molecule has 0 saturated carbocycles. The minimum Gasteiger partial charge on any atom is -0.542 e. The Kier molecular flexibility index (Phi) is 2.71. The molecule has 0 spiro atoms. The Bertz CT molecular complexity index is 234. The summed E-state index contributed by atoms with van der Waals surface area (Å²) in [4.78, 5) is 9.96. The van der Waals surface area contributed by atoms with E-state index in [1.165, 1.54) is 0 Å². The summed E-state index contributed by atoms with van der Waals surface area (Å²) in [6.07, 6.45) is 0. The number of carbonyl (C=O) groups is 1. The van der Waals surface area contributed by atoms with Gasteiger partial charge in [0.1, 0.15) is 5.97 Å². The number of quaternary nitrogens is 1. The van der Waals surface area contributed by atoms with Gasteiger partial charge < -0.3 is 21.8 Å². The third-order valence-corrected chi connectivity index (χ3v) is 1.35. The normalized spacial score (nSPS) is 8.40. The summed E-state index contributed by atoms with van der Waals surface area (Å²) >= 11 is 0.789. The molecule has 6 nitrogen and oxygen atoms in total. The van der Waals surface area contributed by atoms with Crippen LogP contribution in [-0.2, 0) is 0 Å². The molecule has 0 unspecified atom stereocenters. The molecule has 1 aromatic rings. The molecule has 0 amide bonds. The zero-order valence-electron chi connectivity index (χ0n) is 5.20. The van der Waals surface area contributed by atoms with Gasteiger partial charge in [0.15, 0.2) is 5.01 Å². The van der Waals surface area contributed by atoms with Crippen LogP contribution in [-0.4, -0.2) is 16.2 Å². The van der Waals surface area contributed by atoms with Crippen LogP contribution in [0.3, 0.4) is 0 Å². The minimum absolute atomic E-state index is 0. The number of carbonyl (C=O) groups excluding carboxylic acids is 1. The van der Waals surface area contributed by atoms with Gasteiger partial charge >= 0.3 is 0 Å². The molecule has 6 N–H and O–H groups in total. The topological polar surface area (TPSA) is 128 Å². The number of nitrogens with two attached hydrogens (primary N) is 1. The van der Waals surface area contributed by atoms with Gasteiger partial charge in [-0.1, -0.05) is 11.3 Å². The highest BCUT2D eigenvalue weighted by molar-refractivity contribution is 7.16. The van der Waals surface area contributed by atoms with E-state index in [1.807, 2.05) is 0 Å². The highest BCUT2D eigenvalue weighted by atomic mass is 32.1. The average Bonchev–Trinajstić information content (AvgIpc) is 2.14. The van der Waals surface area contributed by atoms with E-state index in [-0.39, 0.29) is 16.3 Å². The van der Waals surface area contributed by atoms with Crippen molar-refractivity contribution in [3.05, 3.63) is 5.01 Å². The second-order valence-electron chi connectivity index (χ2n) is 1.23. The van der Waals surface area contributed by atoms with Crippen molar-refractivity contribution in [2.75, 3.05) is 5.73 Å². The molecule has 1 aromatic heterocycles. The smallest absolute Gasteiger partial charge is 0.203 e. The summed E-state index contributed by atoms with van der Waals surface area (Å²) in [5.41, 5.74) is 5.07. The fourth-order valence-corrected chi connectivity index (χ4v) is 0.762. The standard InChI is InChI=1S/C3H3N3O2S.H3N/c4-3-6-5-1(9-3)2(7)8;/h(H2,4,6)(H,7,8);1H3. The van der Waals surface area contributed by atoms with E-state index in [0.717, 1.165) is 11.3 Å². The van der Waals surface area contributed by atoms with Crippen molar-refractivity contribution in [1.82, 2.24) is 16.3 Å². The first-order valence-electron chi connectivity index (χ1n) is 2.00. The quantitative estimate of drug-likeness (QED) is 0.539. The van der Waals surface area contributed by atoms with Crippen molar-refractivity contribution < 1.29 is 9.90 Å². The molecule has 0 aliphatic heterocycles. The number of carboxylic acid groups (broad SMARTS) is 1. The number of hydrogen-bond acceptors (Lipinski definition) is 6. The second kappa shape index (κ2) is 3.08. The summed E-state index contributed by atoms with van der Waals surface area (Å²) in [6, 6.07) is 0. The Morgan fingerprint density at radius 1 is 1.60 bits per heavy atom. The van der Waals surface area contributed by atoms with Crippen LogP contribution >= 0.6 is 11.3 Å². The number of nitrogens with zero attached hydrogens (tertiary/aromatic N) is 2. The lowest BCUT2D eigenvalue weighted by atomic mass is 10.7. The van der Waals surface area contributed by atoms with Crippen LogP contribution in [0.1, 0.15) is 9.80 Å². The van der Waals surface area contributed by atoms with E-state index in [4.69, 9.17) is 5.73 Å². The maximum Gasteiger partial charge on any atom is 0.203 e. The van der Waals surface area contributed by atoms with Crippen LogP contribution in [0.25, 0.3) is 0 Å². The van der Waals surface area contributed by atoms with Gasteiger partial charge in [0.05, 0.1) is 0 Å². The summed E-state index contributed by atoms with van der Waals surface area (Å²) < 4.78 is 0. The first-order chi connectivity index (χ1) is 4.20. The largest absolute Gasteiger partial charge is 0.542 e. The van der Waals surface area contributed by atoms with Gasteiger partial charge in [-0.2, -0.15) is 0 Å². The van der Waals surface area contributed by atoms with Crippen molar-refractivity contribution in [2.45, 2.75) is 0 Å². The van der Waals surface area contributed by atoms with Gasteiger partial charge in [-0.3, -0.25) is 0 Å². The minimum atomic E-state index is -1.34. The van der Waals surface area contributed by atoms with Gasteiger partial charge in [-0.25, -0.2) is 0 Å². The number of anilines is 1. The maximum atomic E-state index is 9.96. The SMILES string of the molecule is Nc1nnc(C(=O)[O-])s1.[NH4+]. The fraction of sp³-hybridized carbons (Fsp3) is 0. The van der Waals surface area contributed by atoms with Crippen molar-refractivity contribution in [2.24, 2.45) is 0 Å². The van der Waals surface area contributed by atoms with Gasteiger partial charge in [-0.05, 0) is 0 Å². The Morgan fingerprint density at radius 3 is 2.40 bits per heavy atom. The molecule has 0 saturated heterocycles. The highest BCUT2D eigenvalue weighted by Gasteiger charge is 1.98.